The van der Waals surface area contributed by atoms with E-state index in [4.69, 9.17) is 4.52 Å². The Morgan fingerprint density at radius 3 is 2.83 bits per heavy atom. The smallest absolute Gasteiger partial charge is 0.296 e. The average molecular weight is 333 g/mol. The van der Waals surface area contributed by atoms with E-state index in [0.717, 1.165) is 30.5 Å². The number of rotatable bonds is 3. The Labute approximate surface area is 140 Å². The highest BCUT2D eigenvalue weighted by Gasteiger charge is 2.31. The lowest BCUT2D eigenvalue weighted by Gasteiger charge is -2.37. The van der Waals surface area contributed by atoms with E-state index >= 15 is 0 Å². The molecule has 0 saturated carbocycles. The molecule has 8 nitrogen and oxygen atoms in total. The minimum atomic E-state index is -0.359. The maximum absolute atomic E-state index is 13.2. The second-order valence-corrected chi connectivity index (χ2v) is 6.65. The van der Waals surface area contributed by atoms with Crippen molar-refractivity contribution in [2.75, 3.05) is 27.2 Å². The van der Waals surface area contributed by atoms with Gasteiger partial charge in [-0.25, -0.2) is 4.68 Å². The fraction of sp³-hybridized carbons (Fsp3) is 0.625. The van der Waals surface area contributed by atoms with Gasteiger partial charge in [-0.1, -0.05) is 5.16 Å². The van der Waals surface area contributed by atoms with Crippen molar-refractivity contribution >= 4 is 16.8 Å². The van der Waals surface area contributed by atoms with Crippen LogP contribution >= 0.6 is 0 Å². The van der Waals surface area contributed by atoms with E-state index in [1.165, 1.54) is 7.05 Å². The van der Waals surface area contributed by atoms with Crippen molar-refractivity contribution in [3.8, 4) is 0 Å². The molecule has 24 heavy (non-hydrogen) atoms. The number of nitrogens with zero attached hydrogens (tertiary/aromatic N) is 5. The van der Waals surface area contributed by atoms with E-state index in [2.05, 4.69) is 15.2 Å². The lowest BCUT2D eigenvalue weighted by Crippen LogP contribution is -2.48. The Hall–Kier alpha value is -2.22. The van der Waals surface area contributed by atoms with Gasteiger partial charge in [-0.3, -0.25) is 9.59 Å². The van der Waals surface area contributed by atoms with Gasteiger partial charge in [0.2, 0.25) is 0 Å². The van der Waals surface area contributed by atoms with Crippen LogP contribution in [-0.2, 0) is 7.05 Å². The van der Waals surface area contributed by atoms with Crippen molar-refractivity contribution < 1.29 is 9.32 Å². The van der Waals surface area contributed by atoms with Gasteiger partial charge in [0, 0.05) is 26.2 Å². The summed E-state index contributed by atoms with van der Waals surface area (Å²) in [5.74, 6) is 0.285. The van der Waals surface area contributed by atoms with Crippen LogP contribution in [0.4, 0.5) is 0 Å². The number of piperidine rings is 1. The molecule has 3 heterocycles. The largest absolute Gasteiger partial charge is 0.360 e. The Kier molecular flexibility index (Phi) is 4.40. The lowest BCUT2D eigenvalue weighted by atomic mass is 10.0. The fourth-order valence-corrected chi connectivity index (χ4v) is 3.36. The van der Waals surface area contributed by atoms with Crippen molar-refractivity contribution in [1.82, 2.24) is 24.7 Å². The van der Waals surface area contributed by atoms with E-state index in [0.29, 0.717) is 17.7 Å². The molecule has 1 saturated heterocycles. The van der Waals surface area contributed by atoms with Crippen LogP contribution in [0, 0.1) is 6.92 Å². The van der Waals surface area contributed by atoms with E-state index < -0.39 is 0 Å². The number of carbonyl (C=O) groups is 1. The number of aryl methyl sites for hydroxylation is 2. The minimum absolute atomic E-state index is 0.149. The third kappa shape index (κ3) is 2.82. The van der Waals surface area contributed by atoms with Crippen molar-refractivity contribution in [3.05, 3.63) is 21.8 Å². The predicted molar refractivity (Wildman–Crippen MR) is 89.0 cm³/mol. The molecule has 0 bridgehead atoms. The molecule has 1 fully saturated rings. The van der Waals surface area contributed by atoms with Crippen LogP contribution in [0.25, 0.3) is 10.9 Å². The number of likely N-dealkylation sites (tertiary alicyclic amines) is 1. The van der Waals surface area contributed by atoms with Gasteiger partial charge in [-0.2, -0.15) is 5.10 Å². The average Bonchev–Trinajstić information content (AvgIpc) is 2.92. The molecule has 3 rings (SSSR count). The van der Waals surface area contributed by atoms with E-state index in [1.807, 2.05) is 19.0 Å². The summed E-state index contributed by atoms with van der Waals surface area (Å²) in [5, 5.41) is 8.46. The van der Waals surface area contributed by atoms with Crippen molar-refractivity contribution in [2.24, 2.45) is 7.05 Å². The normalized spacial score (nSPS) is 18.5. The maximum atomic E-state index is 13.2. The van der Waals surface area contributed by atoms with Crippen LogP contribution in [0.1, 0.15) is 35.5 Å². The second-order valence-electron chi connectivity index (χ2n) is 6.65. The van der Waals surface area contributed by atoms with Crippen LogP contribution in [-0.4, -0.2) is 63.9 Å². The van der Waals surface area contributed by atoms with Crippen LogP contribution < -0.4 is 5.56 Å². The number of aromatic nitrogens is 3. The zero-order valence-electron chi connectivity index (χ0n) is 14.6. The number of carbonyl (C=O) groups excluding carboxylic acids is 1. The van der Waals surface area contributed by atoms with Crippen LogP contribution in [0.5, 0.6) is 0 Å². The first-order chi connectivity index (χ1) is 11.4. The molecule has 1 unspecified atom stereocenters. The SMILES string of the molecule is Cc1onc2c(=O)n(C)nc(C(=O)N3CCCCC3CN(C)C)c12. The Morgan fingerprint density at radius 1 is 1.38 bits per heavy atom. The van der Waals surface area contributed by atoms with Gasteiger partial charge in [-0.15, -0.1) is 0 Å². The summed E-state index contributed by atoms with van der Waals surface area (Å²) in [6.45, 7) is 3.21. The third-order valence-electron chi connectivity index (χ3n) is 4.51. The number of likely N-dealkylation sites (N-methyl/N-ethyl adjacent to an activating group) is 1. The maximum Gasteiger partial charge on any atom is 0.296 e. The number of hydrogen-bond donors (Lipinski definition) is 0. The Morgan fingerprint density at radius 2 is 2.12 bits per heavy atom. The Balaban J connectivity index is 2.06. The molecule has 0 spiro atoms. The monoisotopic (exact) mass is 333 g/mol. The summed E-state index contributed by atoms with van der Waals surface area (Å²) >= 11 is 0. The molecule has 0 aliphatic carbocycles. The molecule has 0 radical (unpaired) electrons. The fourth-order valence-electron chi connectivity index (χ4n) is 3.36. The highest BCUT2D eigenvalue weighted by atomic mass is 16.5. The van der Waals surface area contributed by atoms with Gasteiger partial charge in [0.05, 0.1) is 5.39 Å². The molecule has 0 N–H and O–H groups in total. The second kappa shape index (κ2) is 6.35. The topological polar surface area (TPSA) is 84.5 Å². The third-order valence-corrected chi connectivity index (χ3v) is 4.51. The van der Waals surface area contributed by atoms with Gasteiger partial charge in [0.15, 0.2) is 11.2 Å². The molecule has 130 valence electrons. The minimum Gasteiger partial charge on any atom is -0.360 e. The number of amides is 1. The van der Waals surface area contributed by atoms with E-state index in [-0.39, 0.29) is 28.7 Å². The molecule has 0 aromatic carbocycles. The molecule has 1 amide bonds. The van der Waals surface area contributed by atoms with Crippen molar-refractivity contribution in [1.29, 1.82) is 0 Å². The summed E-state index contributed by atoms with van der Waals surface area (Å²) in [7, 11) is 5.53. The van der Waals surface area contributed by atoms with Crippen molar-refractivity contribution in [3.63, 3.8) is 0 Å². The molecule has 1 atom stereocenters. The molecular formula is C16H23N5O3. The first-order valence-corrected chi connectivity index (χ1v) is 8.19. The van der Waals surface area contributed by atoms with Gasteiger partial charge < -0.3 is 14.3 Å². The molecule has 1 aliphatic heterocycles. The number of hydrogen-bond acceptors (Lipinski definition) is 6. The molecule has 1 aliphatic rings. The van der Waals surface area contributed by atoms with Crippen LogP contribution in [0.2, 0.25) is 0 Å². The van der Waals surface area contributed by atoms with E-state index in [9.17, 15) is 9.59 Å². The number of fused-ring (bicyclic) bond motifs is 1. The van der Waals surface area contributed by atoms with Gasteiger partial charge in [-0.05, 0) is 40.3 Å². The standard InChI is InChI=1S/C16H23N5O3/c1-10-12-13(17-20(4)15(22)14(12)18-24-10)16(23)21-8-6-5-7-11(21)9-19(2)3/h11H,5-9H2,1-4H3. The quantitative estimate of drug-likeness (QED) is 0.825. The molecule has 2 aromatic rings. The first kappa shape index (κ1) is 16.6. The predicted octanol–water partition coefficient (Wildman–Crippen LogP) is 0.786. The lowest BCUT2D eigenvalue weighted by molar-refractivity contribution is 0.0568. The van der Waals surface area contributed by atoms with Crippen molar-refractivity contribution in [2.45, 2.75) is 32.2 Å². The van der Waals surface area contributed by atoms with Gasteiger partial charge in [0.25, 0.3) is 11.5 Å². The highest BCUT2D eigenvalue weighted by molar-refractivity contribution is 6.04. The summed E-state index contributed by atoms with van der Waals surface area (Å²) in [6.07, 6.45) is 3.07. The van der Waals surface area contributed by atoms with Crippen LogP contribution in [0.3, 0.4) is 0 Å². The van der Waals surface area contributed by atoms with E-state index in [1.54, 1.807) is 6.92 Å². The zero-order chi connectivity index (χ0) is 17.4. The Bertz CT molecular complexity index is 823. The summed E-state index contributed by atoms with van der Waals surface area (Å²) < 4.78 is 6.29. The van der Waals surface area contributed by atoms with Gasteiger partial charge in [0.1, 0.15) is 5.76 Å². The molecular weight excluding hydrogens is 310 g/mol. The summed E-state index contributed by atoms with van der Waals surface area (Å²) in [4.78, 5) is 29.3. The van der Waals surface area contributed by atoms with Crippen LogP contribution in [0.15, 0.2) is 9.32 Å². The first-order valence-electron chi connectivity index (χ1n) is 8.19. The zero-order valence-corrected chi connectivity index (χ0v) is 14.6. The highest BCUT2D eigenvalue weighted by Crippen LogP contribution is 2.23. The summed E-state index contributed by atoms with van der Waals surface area (Å²) in [6, 6.07) is 0.149. The van der Waals surface area contributed by atoms with Gasteiger partial charge >= 0.3 is 0 Å². The summed E-state index contributed by atoms with van der Waals surface area (Å²) in [5.41, 5.74) is 0.0490. The molecule has 8 heteroatoms. The molecule has 2 aromatic heterocycles.